The Labute approximate surface area is 162 Å². The number of β-amino-alcohol motifs (C(OH)–C–C–N with tert-alkyl or cyclic N) is 1. The van der Waals surface area contributed by atoms with Gasteiger partial charge in [-0.2, -0.15) is 13.2 Å². The van der Waals surface area contributed by atoms with Crippen LogP contribution in [0, 0.1) is 5.92 Å². The Balaban J connectivity index is 1.96. The Morgan fingerprint density at radius 2 is 2.04 bits per heavy atom. The van der Waals surface area contributed by atoms with Crippen LogP contribution in [0.15, 0.2) is 18.3 Å². The topological polar surface area (TPSA) is 83.5 Å². The van der Waals surface area contributed by atoms with E-state index in [1.165, 1.54) is 13.1 Å². The van der Waals surface area contributed by atoms with Gasteiger partial charge in [0.05, 0.1) is 17.6 Å². The number of aliphatic hydroxyl groups excluding tert-OH is 1. The van der Waals surface area contributed by atoms with Crippen LogP contribution in [-0.2, 0) is 9.53 Å². The molecule has 2 rings (SSSR count). The first-order valence-corrected chi connectivity index (χ1v) is 9.17. The number of hydrogen-bond donors (Lipinski definition) is 3. The number of carbonyl (C=O) groups is 1. The van der Waals surface area contributed by atoms with Gasteiger partial charge in [-0.15, -0.1) is 0 Å². The molecule has 0 saturated carbocycles. The van der Waals surface area contributed by atoms with Crippen LogP contribution in [0.3, 0.4) is 0 Å². The van der Waals surface area contributed by atoms with E-state index in [0.29, 0.717) is 17.9 Å². The van der Waals surface area contributed by atoms with Crippen molar-refractivity contribution in [1.29, 1.82) is 0 Å². The summed E-state index contributed by atoms with van der Waals surface area (Å²) in [4.78, 5) is 16.4. The molecule has 0 aliphatic carbocycles. The molecule has 6 nitrogen and oxygen atoms in total. The summed E-state index contributed by atoms with van der Waals surface area (Å²) >= 11 is 0. The highest BCUT2D eigenvalue weighted by molar-refractivity contribution is 5.94. The van der Waals surface area contributed by atoms with Crippen LogP contribution in [-0.4, -0.2) is 46.0 Å². The van der Waals surface area contributed by atoms with Crippen LogP contribution in [0.5, 0.6) is 0 Å². The quantitative estimate of drug-likeness (QED) is 0.703. The molecule has 1 saturated heterocycles. The summed E-state index contributed by atoms with van der Waals surface area (Å²) in [6.45, 7) is 8.62. The molecule has 1 aliphatic rings. The third-order valence-corrected chi connectivity index (χ3v) is 4.97. The van der Waals surface area contributed by atoms with Crippen LogP contribution < -0.4 is 10.6 Å². The molecule has 3 unspecified atom stereocenters. The van der Waals surface area contributed by atoms with E-state index in [2.05, 4.69) is 15.6 Å². The number of rotatable bonds is 5. The van der Waals surface area contributed by atoms with Crippen molar-refractivity contribution in [3.63, 3.8) is 0 Å². The summed E-state index contributed by atoms with van der Waals surface area (Å²) in [7, 11) is 0. The molecule has 1 amide bonds. The Morgan fingerprint density at radius 1 is 1.39 bits per heavy atom. The molecule has 0 aromatic carbocycles. The number of nitrogens with zero attached hydrogens (tertiary/aromatic N) is 1. The van der Waals surface area contributed by atoms with Gasteiger partial charge in [0, 0.05) is 12.1 Å². The lowest BCUT2D eigenvalue weighted by atomic mass is 9.89. The molecule has 0 radical (unpaired) electrons. The van der Waals surface area contributed by atoms with Crippen LogP contribution in [0.2, 0.25) is 0 Å². The molecule has 2 heterocycles. The molecule has 0 bridgehead atoms. The average Bonchev–Trinajstić information content (AvgIpc) is 2.89. The Bertz CT molecular complexity index is 688. The van der Waals surface area contributed by atoms with Gasteiger partial charge in [-0.05, 0) is 52.2 Å². The molecule has 28 heavy (non-hydrogen) atoms. The molecule has 3 N–H and O–H groups in total. The number of aromatic nitrogens is 1. The molecule has 1 fully saturated rings. The smallest absolute Gasteiger partial charge is 0.385 e. The number of hydrogen-bond acceptors (Lipinski definition) is 5. The summed E-state index contributed by atoms with van der Waals surface area (Å²) in [5, 5.41) is 15.8. The zero-order valence-electron chi connectivity index (χ0n) is 16.7. The minimum Gasteiger partial charge on any atom is -0.385 e. The molecule has 158 valence electrons. The van der Waals surface area contributed by atoms with Gasteiger partial charge < -0.3 is 20.5 Å². The van der Waals surface area contributed by atoms with E-state index in [1.807, 2.05) is 20.8 Å². The van der Waals surface area contributed by atoms with Crippen molar-refractivity contribution < 1.29 is 27.8 Å². The molecule has 9 heteroatoms. The van der Waals surface area contributed by atoms with Crippen molar-refractivity contribution >= 4 is 11.6 Å². The number of aliphatic hydroxyl groups is 1. The fourth-order valence-electron chi connectivity index (χ4n) is 2.92. The van der Waals surface area contributed by atoms with E-state index in [-0.39, 0.29) is 12.0 Å². The Morgan fingerprint density at radius 3 is 2.50 bits per heavy atom. The van der Waals surface area contributed by atoms with Crippen molar-refractivity contribution in [2.45, 2.75) is 70.6 Å². The summed E-state index contributed by atoms with van der Waals surface area (Å²) < 4.78 is 44.7. The number of ether oxygens (including phenoxy) is 1. The molecular formula is C19H28F3N3O3. The second-order valence-corrected chi connectivity index (χ2v) is 8.46. The zero-order valence-corrected chi connectivity index (χ0v) is 16.7. The lowest BCUT2D eigenvalue weighted by molar-refractivity contribution is -0.272. The molecular weight excluding hydrogens is 375 g/mol. The molecule has 0 spiro atoms. The Hall–Kier alpha value is -1.71. The fraction of sp³-hybridized carbons (Fsp3) is 0.684. The molecule has 1 aromatic rings. The van der Waals surface area contributed by atoms with Crippen molar-refractivity contribution in [3.05, 3.63) is 24.0 Å². The van der Waals surface area contributed by atoms with Crippen LogP contribution in [0.25, 0.3) is 0 Å². The van der Waals surface area contributed by atoms with Gasteiger partial charge in [-0.25, -0.2) is 0 Å². The van der Waals surface area contributed by atoms with Crippen molar-refractivity contribution in [3.8, 4) is 0 Å². The lowest BCUT2D eigenvalue weighted by Crippen LogP contribution is -2.47. The van der Waals surface area contributed by atoms with Gasteiger partial charge in [0.25, 0.3) is 5.91 Å². The maximum atomic E-state index is 13.2. The van der Waals surface area contributed by atoms with Crippen LogP contribution in [0.1, 0.15) is 52.8 Å². The highest BCUT2D eigenvalue weighted by Crippen LogP contribution is 2.46. The maximum Gasteiger partial charge on any atom is 0.417 e. The second-order valence-electron chi connectivity index (χ2n) is 8.46. The van der Waals surface area contributed by atoms with Gasteiger partial charge in [0.1, 0.15) is 12.2 Å². The normalized spacial score (nSPS) is 26.9. The predicted octanol–water partition coefficient (Wildman–Crippen LogP) is 3.19. The number of nitrogens with one attached hydrogen (secondary N) is 2. The van der Waals surface area contributed by atoms with Gasteiger partial charge in [-0.1, -0.05) is 6.92 Å². The van der Waals surface area contributed by atoms with E-state index in [4.69, 9.17) is 4.74 Å². The average molecular weight is 403 g/mol. The van der Waals surface area contributed by atoms with Crippen molar-refractivity contribution in [1.82, 2.24) is 10.3 Å². The first kappa shape index (κ1) is 22.6. The number of anilines is 1. The minimum absolute atomic E-state index is 0.0233. The second kappa shape index (κ2) is 7.96. The number of carbonyl (C=O) groups excluding carboxylic acids is 1. The predicted molar refractivity (Wildman–Crippen MR) is 98.7 cm³/mol. The monoisotopic (exact) mass is 403 g/mol. The summed E-state index contributed by atoms with van der Waals surface area (Å²) in [6, 6.07) is 3.10. The van der Waals surface area contributed by atoms with E-state index in [0.717, 1.165) is 6.92 Å². The minimum atomic E-state index is -4.55. The van der Waals surface area contributed by atoms with Gasteiger partial charge in [-0.3, -0.25) is 9.78 Å². The summed E-state index contributed by atoms with van der Waals surface area (Å²) in [5.41, 5.74) is -1.76. The van der Waals surface area contributed by atoms with E-state index in [1.54, 1.807) is 12.1 Å². The van der Waals surface area contributed by atoms with E-state index < -0.39 is 35.8 Å². The fourth-order valence-corrected chi connectivity index (χ4v) is 2.92. The number of amides is 1. The SMILES string of the molecule is CC1CC(C(=O)Nc2ccc([C@H](O)CNC(C)(C)C)nc2)OC1(C)C(F)(F)F. The number of alkyl halides is 3. The standard InChI is InChI=1S/C19H28F3N3O3/c1-11-8-15(28-18(11,5)19(20,21)22)16(27)25-12-6-7-13(23-9-12)14(26)10-24-17(2,3)4/h6-7,9,11,14-15,24,26H,8,10H2,1-5H3,(H,25,27)/t11?,14-,15?,18?/m1/s1. The zero-order chi connectivity index (χ0) is 21.3. The number of halogens is 3. The molecule has 4 atom stereocenters. The maximum absolute atomic E-state index is 13.2. The first-order valence-electron chi connectivity index (χ1n) is 9.17. The van der Waals surface area contributed by atoms with Gasteiger partial charge in [0.15, 0.2) is 5.60 Å². The highest BCUT2D eigenvalue weighted by Gasteiger charge is 2.61. The lowest BCUT2D eigenvalue weighted by Gasteiger charge is -2.30. The third-order valence-electron chi connectivity index (χ3n) is 4.97. The van der Waals surface area contributed by atoms with Crippen LogP contribution >= 0.6 is 0 Å². The number of pyridine rings is 1. The summed E-state index contributed by atoms with van der Waals surface area (Å²) in [6.07, 6.45) is -5.24. The summed E-state index contributed by atoms with van der Waals surface area (Å²) in [5.74, 6) is -1.49. The van der Waals surface area contributed by atoms with Crippen LogP contribution in [0.4, 0.5) is 18.9 Å². The molecule has 1 aliphatic heterocycles. The molecule has 1 aromatic heterocycles. The third kappa shape index (κ3) is 5.21. The Kier molecular flexibility index (Phi) is 6.42. The first-order chi connectivity index (χ1) is 12.7. The largest absolute Gasteiger partial charge is 0.417 e. The highest BCUT2D eigenvalue weighted by atomic mass is 19.4. The van der Waals surface area contributed by atoms with Gasteiger partial charge in [0.2, 0.25) is 0 Å². The van der Waals surface area contributed by atoms with E-state index >= 15 is 0 Å². The van der Waals surface area contributed by atoms with Gasteiger partial charge >= 0.3 is 6.18 Å². The van der Waals surface area contributed by atoms with E-state index in [9.17, 15) is 23.1 Å². The van der Waals surface area contributed by atoms with Crippen molar-refractivity contribution in [2.75, 3.05) is 11.9 Å². The van der Waals surface area contributed by atoms with Crippen molar-refractivity contribution in [2.24, 2.45) is 5.92 Å².